The molecule has 0 aromatic heterocycles. The first-order valence-corrected chi connectivity index (χ1v) is 8.95. The standard InChI is InChI=1S/C18H11BrClF2N3O/c1-8-18-23-7-13(26)25(18)12-6-5-9(20)16(19)15(12)17(24-8)14-10(21)3-2-4-11(14)22/h2-6,8H,7H2,1H3/t8-/m0/s1. The van der Waals surface area contributed by atoms with Gasteiger partial charge in [0.05, 0.1) is 22.0 Å². The fourth-order valence-electron chi connectivity index (χ4n) is 3.18. The fourth-order valence-corrected chi connectivity index (χ4v) is 3.86. The Morgan fingerprint density at radius 1 is 1.19 bits per heavy atom. The number of carbonyl (C=O) groups excluding carboxylic acids is 1. The van der Waals surface area contributed by atoms with Gasteiger partial charge >= 0.3 is 0 Å². The molecule has 2 aliphatic rings. The van der Waals surface area contributed by atoms with Crippen molar-refractivity contribution in [2.75, 3.05) is 11.4 Å². The predicted octanol–water partition coefficient (Wildman–Crippen LogP) is 4.37. The summed E-state index contributed by atoms with van der Waals surface area (Å²) in [5.74, 6) is -1.28. The molecule has 0 aliphatic carbocycles. The van der Waals surface area contributed by atoms with E-state index in [1.807, 2.05) is 0 Å². The van der Waals surface area contributed by atoms with Gasteiger partial charge in [0, 0.05) is 10.0 Å². The summed E-state index contributed by atoms with van der Waals surface area (Å²) in [6, 6.07) is 6.30. The molecule has 4 rings (SSSR count). The third-order valence-electron chi connectivity index (χ3n) is 4.30. The lowest BCUT2D eigenvalue weighted by molar-refractivity contribution is -0.115. The van der Waals surface area contributed by atoms with Crippen LogP contribution in [0.1, 0.15) is 18.1 Å². The van der Waals surface area contributed by atoms with E-state index in [9.17, 15) is 13.6 Å². The molecule has 0 bridgehead atoms. The third-order valence-corrected chi connectivity index (χ3v) is 5.67. The number of amidine groups is 1. The zero-order chi connectivity index (χ0) is 18.6. The Balaban J connectivity index is 2.10. The summed E-state index contributed by atoms with van der Waals surface area (Å²) in [6.07, 6.45) is 0. The molecule has 0 N–H and O–H groups in total. The van der Waals surface area contributed by atoms with Crippen LogP contribution in [0.4, 0.5) is 14.5 Å². The fraction of sp³-hybridized carbons (Fsp3) is 0.167. The molecule has 132 valence electrons. The Labute approximate surface area is 161 Å². The Morgan fingerprint density at radius 2 is 1.88 bits per heavy atom. The van der Waals surface area contributed by atoms with E-state index in [0.717, 1.165) is 0 Å². The number of benzene rings is 2. The highest BCUT2D eigenvalue weighted by atomic mass is 79.9. The van der Waals surface area contributed by atoms with Crippen molar-refractivity contribution in [2.45, 2.75) is 13.0 Å². The molecule has 2 heterocycles. The molecule has 2 aliphatic heterocycles. The molecule has 8 heteroatoms. The van der Waals surface area contributed by atoms with Crippen LogP contribution in [0.15, 0.2) is 44.8 Å². The van der Waals surface area contributed by atoms with Crippen LogP contribution in [0.5, 0.6) is 0 Å². The van der Waals surface area contributed by atoms with E-state index >= 15 is 0 Å². The van der Waals surface area contributed by atoms with Crippen molar-refractivity contribution in [1.29, 1.82) is 0 Å². The summed E-state index contributed by atoms with van der Waals surface area (Å²) in [4.78, 5) is 22.6. The Bertz CT molecular complexity index is 1000. The van der Waals surface area contributed by atoms with Crippen molar-refractivity contribution >= 4 is 50.7 Å². The summed E-state index contributed by atoms with van der Waals surface area (Å²) in [7, 11) is 0. The Morgan fingerprint density at radius 3 is 2.58 bits per heavy atom. The van der Waals surface area contributed by atoms with E-state index in [4.69, 9.17) is 11.6 Å². The molecule has 0 radical (unpaired) electrons. The van der Waals surface area contributed by atoms with E-state index in [1.54, 1.807) is 19.1 Å². The summed E-state index contributed by atoms with van der Waals surface area (Å²) in [6.45, 7) is 1.74. The highest BCUT2D eigenvalue weighted by molar-refractivity contribution is 9.10. The molecule has 4 nitrogen and oxygen atoms in total. The van der Waals surface area contributed by atoms with Crippen LogP contribution in [-0.2, 0) is 4.79 Å². The van der Waals surface area contributed by atoms with Gasteiger partial charge in [-0.15, -0.1) is 0 Å². The molecule has 26 heavy (non-hydrogen) atoms. The van der Waals surface area contributed by atoms with Gasteiger partial charge in [-0.05, 0) is 47.1 Å². The number of hydrogen-bond acceptors (Lipinski definition) is 3. The maximum absolute atomic E-state index is 14.5. The van der Waals surface area contributed by atoms with Crippen molar-refractivity contribution in [3.8, 4) is 0 Å². The summed E-state index contributed by atoms with van der Waals surface area (Å²) < 4.78 is 29.4. The zero-order valence-electron chi connectivity index (χ0n) is 13.4. The lowest BCUT2D eigenvalue weighted by Crippen LogP contribution is -2.37. The normalized spacial score (nSPS) is 18.9. The second-order valence-electron chi connectivity index (χ2n) is 5.91. The number of fused-ring (bicyclic) bond motifs is 3. The number of amides is 1. The lowest BCUT2D eigenvalue weighted by Gasteiger charge is -2.21. The van der Waals surface area contributed by atoms with Crippen molar-refractivity contribution in [2.24, 2.45) is 9.98 Å². The van der Waals surface area contributed by atoms with Gasteiger partial charge in [0.2, 0.25) is 0 Å². The molecule has 0 saturated carbocycles. The molecule has 0 unspecified atom stereocenters. The van der Waals surface area contributed by atoms with Gasteiger partial charge in [0.15, 0.2) is 0 Å². The van der Waals surface area contributed by atoms with Crippen LogP contribution in [0.2, 0.25) is 5.02 Å². The van der Waals surface area contributed by atoms with Crippen LogP contribution in [-0.4, -0.2) is 30.0 Å². The van der Waals surface area contributed by atoms with Gasteiger partial charge in [-0.25, -0.2) is 8.78 Å². The van der Waals surface area contributed by atoms with Gasteiger partial charge in [0.1, 0.15) is 30.1 Å². The molecule has 0 saturated heterocycles. The van der Waals surface area contributed by atoms with E-state index in [2.05, 4.69) is 25.9 Å². The molecule has 2 aromatic carbocycles. The van der Waals surface area contributed by atoms with Crippen LogP contribution in [0.25, 0.3) is 0 Å². The number of rotatable bonds is 1. The predicted molar refractivity (Wildman–Crippen MR) is 100 cm³/mol. The minimum atomic E-state index is -0.746. The van der Waals surface area contributed by atoms with E-state index in [0.29, 0.717) is 26.6 Å². The molecular weight excluding hydrogens is 428 g/mol. The molecular formula is C18H11BrClF2N3O. The number of aliphatic imine (C=N–C) groups is 2. The minimum absolute atomic E-state index is 0.0122. The number of nitrogens with zero attached hydrogens (tertiary/aromatic N) is 3. The highest BCUT2D eigenvalue weighted by Crippen LogP contribution is 2.39. The molecule has 2 aromatic rings. The van der Waals surface area contributed by atoms with E-state index < -0.39 is 17.7 Å². The molecule has 1 amide bonds. The van der Waals surface area contributed by atoms with Gasteiger partial charge in [0.25, 0.3) is 5.91 Å². The average molecular weight is 439 g/mol. The Kier molecular flexibility index (Phi) is 4.16. The van der Waals surface area contributed by atoms with E-state index in [1.165, 1.54) is 23.1 Å². The van der Waals surface area contributed by atoms with Crippen LogP contribution in [0, 0.1) is 11.6 Å². The maximum Gasteiger partial charge on any atom is 0.254 e. The quantitative estimate of drug-likeness (QED) is 0.652. The third kappa shape index (κ3) is 2.49. The second-order valence-corrected chi connectivity index (χ2v) is 7.11. The van der Waals surface area contributed by atoms with Crippen LogP contribution >= 0.6 is 27.5 Å². The monoisotopic (exact) mass is 437 g/mol. The number of hydrogen-bond donors (Lipinski definition) is 0. The largest absolute Gasteiger partial charge is 0.273 e. The Hall–Kier alpha value is -2.12. The lowest BCUT2D eigenvalue weighted by atomic mass is 9.99. The first-order chi connectivity index (χ1) is 12.4. The zero-order valence-corrected chi connectivity index (χ0v) is 15.8. The SMILES string of the molecule is C[C@@H]1N=C(c2c(F)cccc2F)c2c(ccc(Cl)c2Br)N2C(=O)CN=C12. The van der Waals surface area contributed by atoms with Crippen molar-refractivity contribution in [3.05, 3.63) is 62.6 Å². The van der Waals surface area contributed by atoms with E-state index in [-0.39, 0.29) is 23.7 Å². The van der Waals surface area contributed by atoms with Crippen molar-refractivity contribution in [1.82, 2.24) is 0 Å². The summed E-state index contributed by atoms with van der Waals surface area (Å²) in [5.41, 5.74) is 0.613. The molecule has 0 fully saturated rings. The average Bonchev–Trinajstić information content (AvgIpc) is 2.92. The van der Waals surface area contributed by atoms with Crippen LogP contribution in [0.3, 0.4) is 0 Å². The topological polar surface area (TPSA) is 45.0 Å². The van der Waals surface area contributed by atoms with Gasteiger partial charge < -0.3 is 0 Å². The van der Waals surface area contributed by atoms with Gasteiger partial charge in [-0.2, -0.15) is 0 Å². The molecule has 1 atom stereocenters. The minimum Gasteiger partial charge on any atom is -0.273 e. The number of halogens is 4. The summed E-state index contributed by atoms with van der Waals surface area (Å²) >= 11 is 9.61. The first kappa shape index (κ1) is 17.3. The number of carbonyl (C=O) groups is 1. The van der Waals surface area contributed by atoms with Crippen molar-refractivity contribution < 1.29 is 13.6 Å². The maximum atomic E-state index is 14.5. The summed E-state index contributed by atoms with van der Waals surface area (Å²) in [5, 5.41) is 0.341. The van der Waals surface area contributed by atoms with Gasteiger partial charge in [-0.1, -0.05) is 17.7 Å². The smallest absolute Gasteiger partial charge is 0.254 e. The highest BCUT2D eigenvalue weighted by Gasteiger charge is 2.37. The van der Waals surface area contributed by atoms with Gasteiger partial charge in [-0.3, -0.25) is 19.7 Å². The van der Waals surface area contributed by atoms with Crippen LogP contribution < -0.4 is 4.90 Å². The molecule has 0 spiro atoms. The second kappa shape index (κ2) is 6.25. The van der Waals surface area contributed by atoms with Crippen molar-refractivity contribution in [3.63, 3.8) is 0 Å². The number of anilines is 1. The first-order valence-electron chi connectivity index (χ1n) is 7.78.